The molecular weight excluding hydrogens is 426 g/mol. The van der Waals surface area contributed by atoms with E-state index in [0.29, 0.717) is 0 Å². The van der Waals surface area contributed by atoms with Crippen LogP contribution in [0, 0.1) is 0 Å². The summed E-state index contributed by atoms with van der Waals surface area (Å²) in [5, 5.41) is 3.52. The second kappa shape index (κ2) is 7.93. The number of nitrogens with zero attached hydrogens (tertiary/aromatic N) is 3. The predicted octanol–water partition coefficient (Wildman–Crippen LogP) is 8.06. The van der Waals surface area contributed by atoms with Crippen molar-refractivity contribution in [1.82, 2.24) is 14.5 Å². The Balaban J connectivity index is 1.44. The van der Waals surface area contributed by atoms with Crippen LogP contribution in [0.1, 0.15) is 0 Å². The minimum Gasteiger partial charge on any atom is -0.292 e. The standard InChI is InChI=1S/C32H21N3/c1-3-10-24(11-4-1)32-34-29-21-25(18-20-30(29)35(32)26-12-5-2-6-13-26)28-19-17-23-16-15-22-9-7-8-14-27(22)31(23)33-28/h1-21H. The number of para-hydroxylation sites is 1. The van der Waals surface area contributed by atoms with Crippen LogP contribution in [0.5, 0.6) is 0 Å². The van der Waals surface area contributed by atoms with Gasteiger partial charge in [-0.25, -0.2) is 9.97 Å². The SMILES string of the molecule is c1ccc(-c2nc3cc(-c4ccc5ccc6ccccc6c5n4)ccc3n2-c2ccccc2)cc1. The number of fused-ring (bicyclic) bond motifs is 4. The maximum atomic E-state index is 5.09. The molecule has 164 valence electrons. The van der Waals surface area contributed by atoms with Crippen LogP contribution in [-0.4, -0.2) is 14.5 Å². The summed E-state index contributed by atoms with van der Waals surface area (Å²) in [6, 6.07) is 44.2. The van der Waals surface area contributed by atoms with E-state index in [-0.39, 0.29) is 0 Å². The van der Waals surface area contributed by atoms with Crippen molar-refractivity contribution in [2.75, 3.05) is 0 Å². The highest BCUT2D eigenvalue weighted by Crippen LogP contribution is 2.32. The van der Waals surface area contributed by atoms with E-state index >= 15 is 0 Å². The predicted molar refractivity (Wildman–Crippen MR) is 145 cm³/mol. The van der Waals surface area contributed by atoms with Gasteiger partial charge in [-0.3, -0.25) is 4.57 Å². The second-order valence-corrected chi connectivity index (χ2v) is 8.73. The molecule has 0 atom stereocenters. The van der Waals surface area contributed by atoms with Crippen LogP contribution in [0.25, 0.3) is 61.0 Å². The molecule has 2 heterocycles. The first-order valence-corrected chi connectivity index (χ1v) is 11.8. The molecule has 0 aliphatic carbocycles. The Labute approximate surface area is 203 Å². The van der Waals surface area contributed by atoms with Gasteiger partial charge in [-0.15, -0.1) is 0 Å². The van der Waals surface area contributed by atoms with Crippen molar-refractivity contribution in [3.8, 4) is 28.3 Å². The summed E-state index contributed by atoms with van der Waals surface area (Å²) in [4.78, 5) is 10.2. The molecule has 0 saturated carbocycles. The van der Waals surface area contributed by atoms with Gasteiger partial charge in [0.1, 0.15) is 5.82 Å². The Hall–Kier alpha value is -4.76. The molecule has 7 rings (SSSR count). The van der Waals surface area contributed by atoms with Gasteiger partial charge in [-0.2, -0.15) is 0 Å². The molecule has 35 heavy (non-hydrogen) atoms. The third-order valence-corrected chi connectivity index (χ3v) is 6.58. The summed E-state index contributed by atoms with van der Waals surface area (Å²) in [6.07, 6.45) is 0. The monoisotopic (exact) mass is 447 g/mol. The second-order valence-electron chi connectivity index (χ2n) is 8.73. The number of hydrogen-bond donors (Lipinski definition) is 0. The van der Waals surface area contributed by atoms with E-state index in [1.807, 2.05) is 12.1 Å². The molecule has 7 aromatic rings. The van der Waals surface area contributed by atoms with Gasteiger partial charge in [0.05, 0.1) is 22.2 Å². The summed E-state index contributed by atoms with van der Waals surface area (Å²) in [7, 11) is 0. The Morgan fingerprint density at radius 2 is 1.23 bits per heavy atom. The van der Waals surface area contributed by atoms with Crippen molar-refractivity contribution in [2.45, 2.75) is 0 Å². The van der Waals surface area contributed by atoms with Gasteiger partial charge in [0.2, 0.25) is 0 Å². The Morgan fingerprint density at radius 3 is 2.09 bits per heavy atom. The topological polar surface area (TPSA) is 30.7 Å². The van der Waals surface area contributed by atoms with Crippen LogP contribution in [0.15, 0.2) is 127 Å². The van der Waals surface area contributed by atoms with Gasteiger partial charge in [0, 0.05) is 27.6 Å². The average molecular weight is 448 g/mol. The zero-order valence-electron chi connectivity index (χ0n) is 19.0. The van der Waals surface area contributed by atoms with Gasteiger partial charge in [-0.1, -0.05) is 97.1 Å². The van der Waals surface area contributed by atoms with Crippen molar-refractivity contribution in [2.24, 2.45) is 0 Å². The molecule has 0 aliphatic heterocycles. The van der Waals surface area contributed by atoms with Gasteiger partial charge in [0.15, 0.2) is 0 Å². The van der Waals surface area contributed by atoms with E-state index in [9.17, 15) is 0 Å². The van der Waals surface area contributed by atoms with Crippen molar-refractivity contribution >= 4 is 32.7 Å². The molecule has 0 unspecified atom stereocenters. The molecule has 3 nitrogen and oxygen atoms in total. The smallest absolute Gasteiger partial charge is 0.145 e. The lowest BCUT2D eigenvalue weighted by Crippen LogP contribution is -1.97. The lowest BCUT2D eigenvalue weighted by atomic mass is 10.0. The van der Waals surface area contributed by atoms with E-state index in [0.717, 1.165) is 50.3 Å². The summed E-state index contributed by atoms with van der Waals surface area (Å²) >= 11 is 0. The number of rotatable bonds is 3. The highest BCUT2D eigenvalue weighted by molar-refractivity contribution is 6.05. The van der Waals surface area contributed by atoms with Crippen LogP contribution >= 0.6 is 0 Å². The number of pyridine rings is 1. The Kier molecular flexibility index (Phi) is 4.46. The summed E-state index contributed by atoms with van der Waals surface area (Å²) in [5.41, 5.74) is 7.24. The molecule has 0 fully saturated rings. The van der Waals surface area contributed by atoms with Crippen molar-refractivity contribution in [3.63, 3.8) is 0 Å². The van der Waals surface area contributed by atoms with Crippen LogP contribution in [0.3, 0.4) is 0 Å². The molecule has 5 aromatic carbocycles. The van der Waals surface area contributed by atoms with Crippen molar-refractivity contribution < 1.29 is 0 Å². The fraction of sp³-hybridized carbons (Fsp3) is 0. The first-order chi connectivity index (χ1) is 17.3. The largest absolute Gasteiger partial charge is 0.292 e. The van der Waals surface area contributed by atoms with Gasteiger partial charge in [0.25, 0.3) is 0 Å². The molecule has 0 spiro atoms. The molecule has 0 bridgehead atoms. The quantitative estimate of drug-likeness (QED) is 0.256. The van der Waals surface area contributed by atoms with Gasteiger partial charge >= 0.3 is 0 Å². The number of imidazole rings is 1. The minimum absolute atomic E-state index is 0.932. The molecule has 0 saturated heterocycles. The average Bonchev–Trinajstić information content (AvgIpc) is 3.32. The first kappa shape index (κ1) is 19.7. The van der Waals surface area contributed by atoms with Gasteiger partial charge < -0.3 is 0 Å². The van der Waals surface area contributed by atoms with Crippen LogP contribution < -0.4 is 0 Å². The van der Waals surface area contributed by atoms with Crippen LogP contribution in [-0.2, 0) is 0 Å². The number of aromatic nitrogens is 3. The molecule has 0 amide bonds. The normalized spacial score (nSPS) is 11.4. The fourth-order valence-corrected chi connectivity index (χ4v) is 4.88. The van der Waals surface area contributed by atoms with Crippen LogP contribution in [0.2, 0.25) is 0 Å². The molecule has 0 aliphatic rings. The number of hydrogen-bond acceptors (Lipinski definition) is 2. The Morgan fingerprint density at radius 1 is 0.514 bits per heavy atom. The van der Waals surface area contributed by atoms with Crippen LogP contribution in [0.4, 0.5) is 0 Å². The maximum Gasteiger partial charge on any atom is 0.145 e. The summed E-state index contributed by atoms with van der Waals surface area (Å²) in [5.74, 6) is 0.932. The summed E-state index contributed by atoms with van der Waals surface area (Å²) in [6.45, 7) is 0. The number of benzene rings is 5. The lowest BCUT2D eigenvalue weighted by molar-refractivity contribution is 1.10. The minimum atomic E-state index is 0.932. The molecular formula is C32H21N3. The zero-order chi connectivity index (χ0) is 23.2. The highest BCUT2D eigenvalue weighted by atomic mass is 15.1. The van der Waals surface area contributed by atoms with E-state index in [4.69, 9.17) is 9.97 Å². The van der Waals surface area contributed by atoms with E-state index < -0.39 is 0 Å². The van der Waals surface area contributed by atoms with Crippen molar-refractivity contribution in [1.29, 1.82) is 0 Å². The van der Waals surface area contributed by atoms with E-state index in [2.05, 4.69) is 120 Å². The van der Waals surface area contributed by atoms with E-state index in [1.54, 1.807) is 0 Å². The first-order valence-electron chi connectivity index (χ1n) is 11.8. The molecule has 3 heteroatoms. The lowest BCUT2D eigenvalue weighted by Gasteiger charge is -2.10. The third-order valence-electron chi connectivity index (χ3n) is 6.58. The maximum absolute atomic E-state index is 5.09. The van der Waals surface area contributed by atoms with E-state index in [1.165, 1.54) is 10.8 Å². The highest BCUT2D eigenvalue weighted by Gasteiger charge is 2.15. The Bertz CT molecular complexity index is 1830. The van der Waals surface area contributed by atoms with Crippen molar-refractivity contribution in [3.05, 3.63) is 127 Å². The third kappa shape index (κ3) is 3.29. The summed E-state index contributed by atoms with van der Waals surface area (Å²) < 4.78 is 2.23. The zero-order valence-corrected chi connectivity index (χ0v) is 19.0. The van der Waals surface area contributed by atoms with Gasteiger partial charge in [-0.05, 0) is 35.7 Å². The fourth-order valence-electron chi connectivity index (χ4n) is 4.88. The molecule has 0 N–H and O–H groups in total. The molecule has 2 aromatic heterocycles. The molecule has 0 radical (unpaired) electrons.